The molecule has 144 valence electrons. The molecule has 0 saturated heterocycles. The number of benzene rings is 1. The summed E-state index contributed by atoms with van der Waals surface area (Å²) in [5, 5.41) is 9.85. The molecule has 5 nitrogen and oxygen atoms in total. The number of nitrogens with one attached hydrogen (secondary N) is 2. The van der Waals surface area contributed by atoms with Gasteiger partial charge >= 0.3 is 0 Å². The third kappa shape index (κ3) is 6.75. The first-order chi connectivity index (χ1) is 12.0. The molecular formula is C19H29IN4OS. The molecule has 2 N–H and O–H groups in total. The van der Waals surface area contributed by atoms with Crippen molar-refractivity contribution in [3.05, 3.63) is 45.4 Å². The molecule has 2 rings (SSSR count). The van der Waals surface area contributed by atoms with Crippen molar-refractivity contribution in [2.45, 2.75) is 46.7 Å². The molecule has 0 amide bonds. The average Bonchev–Trinajstić information content (AvgIpc) is 3.07. The molecule has 0 bridgehead atoms. The zero-order valence-corrected chi connectivity index (χ0v) is 19.3. The first-order valence-electron chi connectivity index (χ1n) is 8.63. The van der Waals surface area contributed by atoms with Crippen LogP contribution in [0, 0.1) is 6.92 Å². The molecule has 0 aliphatic rings. The summed E-state index contributed by atoms with van der Waals surface area (Å²) in [6.07, 6.45) is 0. The summed E-state index contributed by atoms with van der Waals surface area (Å²) in [7, 11) is 1.69. The number of aliphatic imine (C=N–C) groups is 1. The number of hydrogen-bond acceptors (Lipinski definition) is 4. The van der Waals surface area contributed by atoms with E-state index in [-0.39, 0.29) is 24.0 Å². The minimum absolute atomic E-state index is 0. The molecule has 1 aromatic heterocycles. The number of thiazole rings is 1. The monoisotopic (exact) mass is 488 g/mol. The van der Waals surface area contributed by atoms with Crippen LogP contribution in [0.3, 0.4) is 0 Å². The average molecular weight is 488 g/mol. The molecule has 0 aliphatic carbocycles. The first-order valence-corrected chi connectivity index (χ1v) is 9.51. The molecule has 0 aliphatic heterocycles. The molecule has 0 atom stereocenters. The van der Waals surface area contributed by atoms with Crippen LogP contribution in [0.25, 0.3) is 0 Å². The molecule has 1 heterocycles. The number of aryl methyl sites for hydroxylation is 1. The van der Waals surface area contributed by atoms with E-state index < -0.39 is 0 Å². The van der Waals surface area contributed by atoms with Crippen molar-refractivity contribution in [1.29, 1.82) is 0 Å². The fourth-order valence-electron chi connectivity index (χ4n) is 2.38. The number of methoxy groups -OCH3 is 1. The Morgan fingerprint density at radius 3 is 2.65 bits per heavy atom. The second kappa shape index (κ2) is 11.4. The van der Waals surface area contributed by atoms with E-state index in [0.717, 1.165) is 40.1 Å². The number of nitrogens with zero attached hydrogens (tertiary/aromatic N) is 2. The molecule has 0 unspecified atom stereocenters. The van der Waals surface area contributed by atoms with E-state index in [1.165, 1.54) is 0 Å². The highest BCUT2D eigenvalue weighted by atomic mass is 127. The van der Waals surface area contributed by atoms with Crippen LogP contribution >= 0.6 is 35.3 Å². The largest absolute Gasteiger partial charge is 0.496 e. The topological polar surface area (TPSA) is 58.5 Å². The highest BCUT2D eigenvalue weighted by molar-refractivity contribution is 14.0. The number of aromatic nitrogens is 1. The molecule has 0 radical (unpaired) electrons. The van der Waals surface area contributed by atoms with E-state index in [9.17, 15) is 0 Å². The van der Waals surface area contributed by atoms with Gasteiger partial charge in [0.2, 0.25) is 0 Å². The van der Waals surface area contributed by atoms with Gasteiger partial charge in [-0.2, -0.15) is 0 Å². The molecule has 1 aromatic carbocycles. The third-order valence-corrected chi connectivity index (χ3v) is 4.66. The summed E-state index contributed by atoms with van der Waals surface area (Å²) < 4.78 is 5.30. The van der Waals surface area contributed by atoms with E-state index >= 15 is 0 Å². The van der Waals surface area contributed by atoms with E-state index in [4.69, 9.17) is 4.74 Å². The minimum Gasteiger partial charge on any atom is -0.496 e. The molecule has 0 saturated carbocycles. The fraction of sp³-hybridized carbons (Fsp3) is 0.474. The Morgan fingerprint density at radius 1 is 1.31 bits per heavy atom. The van der Waals surface area contributed by atoms with Crippen LogP contribution in [0.2, 0.25) is 0 Å². The standard InChI is InChI=1S/C19H28N4OS.HI/c1-6-20-19(22-11-18-23-16(12-25-18)13(2)3)21-10-15-7-8-17(24-5)14(4)9-15;/h7-9,12-13H,6,10-11H2,1-5H3,(H2,20,21,22);1H. The van der Waals surface area contributed by atoms with E-state index in [1.54, 1.807) is 18.4 Å². The van der Waals surface area contributed by atoms with Crippen molar-refractivity contribution >= 4 is 41.3 Å². The maximum Gasteiger partial charge on any atom is 0.191 e. The van der Waals surface area contributed by atoms with Gasteiger partial charge in [-0.25, -0.2) is 9.98 Å². The molecule has 26 heavy (non-hydrogen) atoms. The normalized spacial score (nSPS) is 11.2. The molecule has 2 aromatic rings. The molecule has 0 fully saturated rings. The van der Waals surface area contributed by atoms with Crippen molar-refractivity contribution in [2.24, 2.45) is 4.99 Å². The lowest BCUT2D eigenvalue weighted by molar-refractivity contribution is 0.411. The Bertz CT molecular complexity index is 715. The van der Waals surface area contributed by atoms with Crippen LogP contribution in [0.1, 0.15) is 48.5 Å². The summed E-state index contributed by atoms with van der Waals surface area (Å²) in [6.45, 7) is 10.6. The van der Waals surface area contributed by atoms with Crippen LogP contribution in [-0.2, 0) is 13.1 Å². The Labute approximate surface area is 177 Å². The van der Waals surface area contributed by atoms with Gasteiger partial charge in [0.1, 0.15) is 10.8 Å². The molecular weight excluding hydrogens is 459 g/mol. The summed E-state index contributed by atoms with van der Waals surface area (Å²) in [4.78, 5) is 9.32. The van der Waals surface area contributed by atoms with Gasteiger partial charge in [-0.3, -0.25) is 0 Å². The second-order valence-electron chi connectivity index (χ2n) is 6.17. The quantitative estimate of drug-likeness (QED) is 0.344. The fourth-order valence-corrected chi connectivity index (χ4v) is 3.28. The summed E-state index contributed by atoms with van der Waals surface area (Å²) >= 11 is 1.69. The van der Waals surface area contributed by atoms with E-state index in [1.807, 2.05) is 13.0 Å². The zero-order valence-electron chi connectivity index (χ0n) is 16.1. The minimum atomic E-state index is 0. The third-order valence-electron chi connectivity index (χ3n) is 3.79. The van der Waals surface area contributed by atoms with Crippen molar-refractivity contribution in [2.75, 3.05) is 13.7 Å². The highest BCUT2D eigenvalue weighted by Crippen LogP contribution is 2.19. The maximum atomic E-state index is 5.30. The van der Waals surface area contributed by atoms with E-state index in [2.05, 4.69) is 58.9 Å². The summed E-state index contributed by atoms with van der Waals surface area (Å²) in [5.74, 6) is 2.17. The van der Waals surface area contributed by atoms with E-state index in [0.29, 0.717) is 19.0 Å². The van der Waals surface area contributed by atoms with Crippen LogP contribution in [-0.4, -0.2) is 24.6 Å². The van der Waals surface area contributed by atoms with Gasteiger partial charge in [-0.15, -0.1) is 35.3 Å². The molecule has 0 spiro atoms. The van der Waals surface area contributed by atoms with Crippen molar-refractivity contribution in [1.82, 2.24) is 15.6 Å². The Kier molecular flexibility index (Phi) is 9.93. The Hall–Kier alpha value is -1.35. The first kappa shape index (κ1) is 22.7. The van der Waals surface area contributed by atoms with Crippen LogP contribution in [0.5, 0.6) is 5.75 Å². The number of hydrogen-bond donors (Lipinski definition) is 2. The van der Waals surface area contributed by atoms with Gasteiger partial charge in [0, 0.05) is 11.9 Å². The SMILES string of the molecule is CCNC(=NCc1ccc(OC)c(C)c1)NCc1nc(C(C)C)cs1.I. The van der Waals surface area contributed by atoms with Crippen LogP contribution < -0.4 is 15.4 Å². The van der Waals surface area contributed by atoms with Crippen molar-refractivity contribution < 1.29 is 4.74 Å². The van der Waals surface area contributed by atoms with Gasteiger partial charge in [-0.05, 0) is 37.0 Å². The Balaban J connectivity index is 0.00000338. The lowest BCUT2D eigenvalue weighted by Crippen LogP contribution is -2.36. The van der Waals surface area contributed by atoms with Gasteiger partial charge in [0.05, 0.1) is 25.9 Å². The number of guanidine groups is 1. The maximum absolute atomic E-state index is 5.30. The number of halogens is 1. The van der Waals surface area contributed by atoms with Gasteiger partial charge < -0.3 is 15.4 Å². The predicted molar refractivity (Wildman–Crippen MR) is 121 cm³/mol. The number of ether oxygens (including phenoxy) is 1. The summed E-state index contributed by atoms with van der Waals surface area (Å²) in [6, 6.07) is 6.15. The molecule has 7 heteroatoms. The smallest absolute Gasteiger partial charge is 0.191 e. The predicted octanol–water partition coefficient (Wildman–Crippen LogP) is 4.46. The van der Waals surface area contributed by atoms with Gasteiger partial charge in [0.15, 0.2) is 5.96 Å². The van der Waals surface area contributed by atoms with Crippen LogP contribution in [0.4, 0.5) is 0 Å². The van der Waals surface area contributed by atoms with Gasteiger partial charge in [-0.1, -0.05) is 26.0 Å². The second-order valence-corrected chi connectivity index (χ2v) is 7.12. The van der Waals surface area contributed by atoms with Gasteiger partial charge in [0.25, 0.3) is 0 Å². The van der Waals surface area contributed by atoms with Crippen LogP contribution in [0.15, 0.2) is 28.6 Å². The van der Waals surface area contributed by atoms with Crippen molar-refractivity contribution in [3.8, 4) is 5.75 Å². The zero-order chi connectivity index (χ0) is 18.2. The Morgan fingerprint density at radius 2 is 2.08 bits per heavy atom. The number of rotatable bonds is 7. The van der Waals surface area contributed by atoms with Crippen molar-refractivity contribution in [3.63, 3.8) is 0 Å². The lowest BCUT2D eigenvalue weighted by atomic mass is 10.1. The highest BCUT2D eigenvalue weighted by Gasteiger charge is 2.06. The lowest BCUT2D eigenvalue weighted by Gasteiger charge is -2.11. The summed E-state index contributed by atoms with van der Waals surface area (Å²) in [5.41, 5.74) is 3.43.